The van der Waals surface area contributed by atoms with Gasteiger partial charge >= 0.3 is 0 Å². The van der Waals surface area contributed by atoms with E-state index < -0.39 is 39.9 Å². The van der Waals surface area contributed by atoms with Gasteiger partial charge in [-0.15, -0.1) is 0 Å². The van der Waals surface area contributed by atoms with Crippen LogP contribution in [0.5, 0.6) is 0 Å². The highest BCUT2D eigenvalue weighted by atomic mass is 19.1. The van der Waals surface area contributed by atoms with Gasteiger partial charge in [-0.2, -0.15) is 0 Å². The lowest BCUT2D eigenvalue weighted by molar-refractivity contribution is -0.384. The lowest BCUT2D eigenvalue weighted by Crippen LogP contribution is -2.40. The molecule has 3 N–H and O–H groups in total. The van der Waals surface area contributed by atoms with Crippen molar-refractivity contribution in [2.75, 3.05) is 5.32 Å². The molecule has 1 rings (SSSR count). The average Bonchev–Trinajstić information content (AvgIpc) is 2.30. The minimum atomic E-state index is -1.23. The molecular weight excluding hydrogens is 260 g/mol. The topological polar surface area (TPSA) is 98.3 Å². The summed E-state index contributed by atoms with van der Waals surface area (Å²) in [6.45, 7) is 3.33. The Labute approximate surface area is 107 Å². The van der Waals surface area contributed by atoms with E-state index in [1.807, 2.05) is 5.32 Å². The van der Waals surface area contributed by atoms with Gasteiger partial charge in [-0.3, -0.25) is 14.9 Å². The molecule has 6 nitrogen and oxygen atoms in total. The Morgan fingerprint density at radius 1 is 1.42 bits per heavy atom. The van der Waals surface area contributed by atoms with Crippen molar-refractivity contribution in [3.63, 3.8) is 0 Å². The van der Waals surface area contributed by atoms with Crippen LogP contribution in [0.3, 0.4) is 0 Å². The summed E-state index contributed by atoms with van der Waals surface area (Å²) >= 11 is 0. The predicted molar refractivity (Wildman–Crippen MR) is 64.5 cm³/mol. The molecule has 0 spiro atoms. The van der Waals surface area contributed by atoms with Crippen molar-refractivity contribution < 1.29 is 18.5 Å². The molecule has 8 heteroatoms. The first-order valence-corrected chi connectivity index (χ1v) is 5.44. The molecule has 104 valence electrons. The normalized spacial score (nSPS) is 12.3. The number of rotatable bonds is 4. The number of carbonyl (C=O) groups is 1. The first-order chi connectivity index (χ1) is 8.73. The SMILES string of the molecule is CC(C)C(N)C(=O)Nc1c(F)cc(F)cc1[N+](=O)[O-]. The maximum Gasteiger partial charge on any atom is 0.298 e. The number of hydrogen-bond donors (Lipinski definition) is 2. The predicted octanol–water partition coefficient (Wildman–Crippen LogP) is 1.79. The number of nitrogens with one attached hydrogen (secondary N) is 1. The lowest BCUT2D eigenvalue weighted by Gasteiger charge is -2.15. The molecule has 1 amide bonds. The largest absolute Gasteiger partial charge is 0.320 e. The van der Waals surface area contributed by atoms with Gasteiger partial charge in [0, 0.05) is 6.07 Å². The maximum atomic E-state index is 13.5. The number of amides is 1. The molecule has 0 saturated carbocycles. The summed E-state index contributed by atoms with van der Waals surface area (Å²) in [6.07, 6.45) is 0. The van der Waals surface area contributed by atoms with Crippen molar-refractivity contribution in [2.45, 2.75) is 19.9 Å². The second kappa shape index (κ2) is 5.70. The van der Waals surface area contributed by atoms with E-state index in [-0.39, 0.29) is 5.92 Å². The van der Waals surface area contributed by atoms with Crippen LogP contribution in [0, 0.1) is 27.7 Å². The number of nitro benzene ring substituents is 1. The van der Waals surface area contributed by atoms with Crippen LogP contribution in [0.4, 0.5) is 20.2 Å². The van der Waals surface area contributed by atoms with Crippen LogP contribution < -0.4 is 11.1 Å². The molecule has 0 heterocycles. The van der Waals surface area contributed by atoms with Gasteiger partial charge in [-0.1, -0.05) is 13.8 Å². The maximum absolute atomic E-state index is 13.5. The number of carbonyl (C=O) groups excluding carboxylic acids is 1. The Kier molecular flexibility index (Phi) is 4.49. The zero-order valence-corrected chi connectivity index (χ0v) is 10.3. The molecule has 0 aliphatic heterocycles. The van der Waals surface area contributed by atoms with E-state index in [2.05, 4.69) is 0 Å². The van der Waals surface area contributed by atoms with Crippen molar-refractivity contribution in [1.29, 1.82) is 0 Å². The molecule has 0 saturated heterocycles. The fraction of sp³-hybridized carbons (Fsp3) is 0.364. The molecule has 0 aliphatic rings. The number of anilines is 1. The van der Waals surface area contributed by atoms with Crippen molar-refractivity contribution >= 4 is 17.3 Å². The highest BCUT2D eigenvalue weighted by molar-refractivity contribution is 5.96. The number of hydrogen-bond acceptors (Lipinski definition) is 4. The van der Waals surface area contributed by atoms with E-state index in [1.165, 1.54) is 0 Å². The van der Waals surface area contributed by atoms with Crippen LogP contribution in [0.2, 0.25) is 0 Å². The van der Waals surface area contributed by atoms with Crippen molar-refractivity contribution in [1.82, 2.24) is 0 Å². The van der Waals surface area contributed by atoms with Gasteiger partial charge in [-0.05, 0) is 5.92 Å². The zero-order valence-electron chi connectivity index (χ0n) is 10.3. The van der Waals surface area contributed by atoms with Crippen molar-refractivity contribution in [2.24, 2.45) is 11.7 Å². The van der Waals surface area contributed by atoms with Gasteiger partial charge < -0.3 is 11.1 Å². The Balaban J connectivity index is 3.14. The molecule has 1 unspecified atom stereocenters. The molecule has 1 atom stereocenters. The van der Waals surface area contributed by atoms with Crippen LogP contribution in [-0.2, 0) is 4.79 Å². The van der Waals surface area contributed by atoms with E-state index in [4.69, 9.17) is 5.73 Å². The molecular formula is C11H13F2N3O3. The average molecular weight is 273 g/mol. The van der Waals surface area contributed by atoms with Crippen LogP contribution in [0.1, 0.15) is 13.8 Å². The molecule has 0 fully saturated rings. The minimum Gasteiger partial charge on any atom is -0.320 e. The summed E-state index contributed by atoms with van der Waals surface area (Å²) < 4.78 is 26.4. The van der Waals surface area contributed by atoms with E-state index in [1.54, 1.807) is 13.8 Å². The minimum absolute atomic E-state index is 0.234. The highest BCUT2D eigenvalue weighted by Gasteiger charge is 2.25. The zero-order chi connectivity index (χ0) is 14.7. The third-order valence-electron chi connectivity index (χ3n) is 2.50. The van der Waals surface area contributed by atoms with Gasteiger partial charge in [0.2, 0.25) is 5.91 Å². The molecule has 1 aromatic carbocycles. The quantitative estimate of drug-likeness (QED) is 0.645. The number of halogens is 2. The second-order valence-electron chi connectivity index (χ2n) is 4.30. The Morgan fingerprint density at radius 2 is 2.00 bits per heavy atom. The summed E-state index contributed by atoms with van der Waals surface area (Å²) in [5.74, 6) is -3.34. The summed E-state index contributed by atoms with van der Waals surface area (Å²) in [5, 5.41) is 12.7. The van der Waals surface area contributed by atoms with Crippen LogP contribution in [-0.4, -0.2) is 16.9 Å². The molecule has 19 heavy (non-hydrogen) atoms. The lowest BCUT2D eigenvalue weighted by atomic mass is 10.0. The standard InChI is InChI=1S/C11H13F2N3O3/c1-5(2)9(14)11(17)15-10-7(13)3-6(12)4-8(10)16(18)19/h3-5,9H,14H2,1-2H3,(H,15,17). The van der Waals surface area contributed by atoms with Gasteiger partial charge in [-0.25, -0.2) is 8.78 Å². The molecule has 1 aromatic rings. The Morgan fingerprint density at radius 3 is 2.47 bits per heavy atom. The number of nitrogens with two attached hydrogens (primary N) is 1. The first-order valence-electron chi connectivity index (χ1n) is 5.44. The third-order valence-corrected chi connectivity index (χ3v) is 2.50. The van der Waals surface area contributed by atoms with E-state index >= 15 is 0 Å². The third kappa shape index (κ3) is 3.44. The van der Waals surface area contributed by atoms with Crippen molar-refractivity contribution in [3.05, 3.63) is 33.9 Å². The van der Waals surface area contributed by atoms with Crippen LogP contribution in [0.25, 0.3) is 0 Å². The van der Waals surface area contributed by atoms with E-state index in [9.17, 15) is 23.7 Å². The van der Waals surface area contributed by atoms with Gasteiger partial charge in [0.05, 0.1) is 17.0 Å². The van der Waals surface area contributed by atoms with Gasteiger partial charge in [0.25, 0.3) is 5.69 Å². The monoisotopic (exact) mass is 273 g/mol. The van der Waals surface area contributed by atoms with Gasteiger partial charge in [0.15, 0.2) is 11.5 Å². The fourth-order valence-corrected chi connectivity index (χ4v) is 1.34. The van der Waals surface area contributed by atoms with Crippen LogP contribution >= 0.6 is 0 Å². The van der Waals surface area contributed by atoms with Crippen molar-refractivity contribution in [3.8, 4) is 0 Å². The Bertz CT molecular complexity index is 520. The Hall–Kier alpha value is -2.09. The number of nitro groups is 1. The van der Waals surface area contributed by atoms with Gasteiger partial charge in [0.1, 0.15) is 5.82 Å². The summed E-state index contributed by atoms with van der Waals surface area (Å²) in [5.41, 5.74) is 3.99. The fourth-order valence-electron chi connectivity index (χ4n) is 1.34. The number of benzene rings is 1. The molecule has 0 aromatic heterocycles. The van der Waals surface area contributed by atoms with Crippen LogP contribution in [0.15, 0.2) is 12.1 Å². The first kappa shape index (κ1) is 15.0. The highest BCUT2D eigenvalue weighted by Crippen LogP contribution is 2.28. The molecule has 0 bridgehead atoms. The smallest absolute Gasteiger partial charge is 0.298 e. The van der Waals surface area contributed by atoms with E-state index in [0.717, 1.165) is 0 Å². The summed E-state index contributed by atoms with van der Waals surface area (Å²) in [4.78, 5) is 21.4. The number of nitrogens with zero attached hydrogens (tertiary/aromatic N) is 1. The molecule has 0 aliphatic carbocycles. The molecule has 0 radical (unpaired) electrons. The second-order valence-corrected chi connectivity index (χ2v) is 4.30. The summed E-state index contributed by atoms with van der Waals surface area (Å²) in [6, 6.07) is 0.0207. The van der Waals surface area contributed by atoms with E-state index in [0.29, 0.717) is 12.1 Å². The summed E-state index contributed by atoms with van der Waals surface area (Å²) in [7, 11) is 0.